The summed E-state index contributed by atoms with van der Waals surface area (Å²) < 4.78 is 7.93. The largest absolute Gasteiger partial charge is 0.422 e. The summed E-state index contributed by atoms with van der Waals surface area (Å²) in [4.78, 5) is 15.5. The van der Waals surface area contributed by atoms with Crippen LogP contribution in [0.3, 0.4) is 0 Å². The third-order valence-electron chi connectivity index (χ3n) is 8.39. The fourth-order valence-electron chi connectivity index (χ4n) is 5.41. The normalized spacial score (nSPS) is 10.9. The van der Waals surface area contributed by atoms with E-state index in [0.29, 0.717) is 0 Å². The summed E-state index contributed by atoms with van der Waals surface area (Å²) in [5.74, 6) is 1.50. The van der Waals surface area contributed by atoms with Gasteiger partial charge in [-0.1, -0.05) is 22.4 Å². The Morgan fingerprint density at radius 2 is 1.24 bits per heavy atom. The number of amides is 1. The Bertz CT molecular complexity index is 2100. The first-order chi connectivity index (χ1) is 25.0. The molecule has 4 aromatic carbocycles. The van der Waals surface area contributed by atoms with E-state index in [1.807, 2.05) is 123 Å². The zero-order valence-corrected chi connectivity index (χ0v) is 38.0. The maximum atomic E-state index is 11.0. The minimum Gasteiger partial charge on any atom is -0.373 e. The molecule has 0 fully saturated rings. The van der Waals surface area contributed by atoms with Crippen LogP contribution in [0.4, 0.5) is 46.0 Å². The number of imidazole rings is 2. The van der Waals surface area contributed by atoms with Crippen LogP contribution < -0.4 is 24.7 Å². The number of hydrogen-bond acceptors (Lipinski definition) is 8. The van der Waals surface area contributed by atoms with Crippen LogP contribution in [-0.4, -0.2) is 54.2 Å². The van der Waals surface area contributed by atoms with Crippen LogP contribution in [0.15, 0.2) is 130 Å². The van der Waals surface area contributed by atoms with Crippen molar-refractivity contribution in [3.63, 3.8) is 0 Å². The zero-order chi connectivity index (χ0) is 37.2. The smallest absolute Gasteiger partial charge is 0.373 e. The first-order valence-corrected chi connectivity index (χ1v) is 17.0. The number of aromatic nitrogens is 4. The Balaban J connectivity index is 0.000000280. The van der Waals surface area contributed by atoms with E-state index >= 15 is 0 Å². The number of para-hydroxylation sites is 2. The van der Waals surface area contributed by atoms with Gasteiger partial charge in [-0.05, 0) is 99.0 Å². The molecule has 6 aromatic rings. The number of fused-ring (bicyclic) bond motifs is 1. The van der Waals surface area contributed by atoms with Gasteiger partial charge < -0.3 is 20.4 Å². The van der Waals surface area contributed by atoms with Gasteiger partial charge in [0.2, 0.25) is 5.91 Å². The summed E-state index contributed by atoms with van der Waals surface area (Å²) in [6, 6.07) is 31.7. The standard InChI is InChI=1S/C20H27N6.C19H20N6O.2Y/c1-23(2)14-15-24(3)17-12-10-16(11-13-17)21-22-20-25(4)18-8-6-7-9-19(18)26(20)5;1-14(26)20-15-4-6-16(7-5-15)21-17-8-10-18(11-9-17)22-23-19-24(2)12-13-25(19)3;;/h6-13H,14-15H2,1-5H3;4-13H,1-3H3,(H,20,22,26);;/q+1;;;/p+1. The van der Waals surface area contributed by atoms with Gasteiger partial charge >= 0.3 is 11.9 Å². The molecule has 0 atom stereocenters. The molecule has 1 amide bonds. The van der Waals surface area contributed by atoms with Gasteiger partial charge in [0.15, 0.2) is 0 Å². The van der Waals surface area contributed by atoms with Crippen LogP contribution in [-0.2, 0) is 98.4 Å². The maximum absolute atomic E-state index is 11.0. The number of carbonyl (C=O) groups is 1. The van der Waals surface area contributed by atoms with Crippen molar-refractivity contribution in [1.29, 1.82) is 0 Å². The Morgan fingerprint density at radius 1 is 0.704 bits per heavy atom. The number of benzene rings is 4. The summed E-state index contributed by atoms with van der Waals surface area (Å²) >= 11 is 0. The molecule has 0 bridgehead atoms. The summed E-state index contributed by atoms with van der Waals surface area (Å²) in [7, 11) is 14.2. The van der Waals surface area contributed by atoms with Crippen LogP contribution in [0, 0.1) is 0 Å². The van der Waals surface area contributed by atoms with E-state index in [-0.39, 0.29) is 71.3 Å². The van der Waals surface area contributed by atoms with E-state index in [0.717, 1.165) is 64.5 Å². The second-order valence-corrected chi connectivity index (χ2v) is 12.8. The molecule has 274 valence electrons. The van der Waals surface area contributed by atoms with Gasteiger partial charge in [-0.3, -0.25) is 4.79 Å². The van der Waals surface area contributed by atoms with Crippen molar-refractivity contribution >= 4 is 63.0 Å². The Hall–Kier alpha value is -4.00. The Morgan fingerprint density at radius 3 is 1.78 bits per heavy atom. The molecule has 0 aliphatic rings. The second-order valence-electron chi connectivity index (χ2n) is 12.8. The predicted molar refractivity (Wildman–Crippen MR) is 208 cm³/mol. The molecule has 2 aromatic heterocycles. The number of carbonyl (C=O) groups excluding carboxylic acids is 1. The number of nitrogens with one attached hydrogen (secondary N) is 2. The van der Waals surface area contributed by atoms with Gasteiger partial charge in [0.1, 0.15) is 22.4 Å². The van der Waals surface area contributed by atoms with Crippen molar-refractivity contribution in [2.45, 2.75) is 6.92 Å². The van der Waals surface area contributed by atoms with Gasteiger partial charge in [-0.15, -0.1) is 0 Å². The number of rotatable bonds is 11. The number of anilines is 4. The van der Waals surface area contributed by atoms with Crippen LogP contribution >= 0.6 is 0 Å². The molecule has 2 radical (unpaired) electrons. The van der Waals surface area contributed by atoms with Crippen molar-refractivity contribution in [3.05, 3.63) is 109 Å². The monoisotopic (exact) mass is 878 g/mol. The molecule has 15 heteroatoms. The van der Waals surface area contributed by atoms with E-state index in [9.17, 15) is 4.79 Å². The van der Waals surface area contributed by atoms with E-state index in [2.05, 4.69) is 95.4 Å². The molecule has 2 N–H and O–H groups in total. The SMILES string of the molecule is CC(=O)Nc1ccc(Nc2ccc(N=Nc3n(C)cc[n+]3C)cc2)cc1.CN(C)CCN(C)c1ccc(N=Nc2n(C)c3ccccc3[n+]2C)cc1.[Y].[Y]. The summed E-state index contributed by atoms with van der Waals surface area (Å²) in [5, 5.41) is 23.5. The van der Waals surface area contributed by atoms with Gasteiger partial charge in [0.05, 0.1) is 40.6 Å². The Kier molecular flexibility index (Phi) is 17.4. The maximum Gasteiger partial charge on any atom is 0.422 e. The van der Waals surface area contributed by atoms with Crippen LogP contribution in [0.2, 0.25) is 0 Å². The molecule has 0 spiro atoms. The number of azo groups is 2. The first kappa shape index (κ1) is 44.4. The Labute approximate surface area is 368 Å². The van der Waals surface area contributed by atoms with E-state index < -0.39 is 0 Å². The summed E-state index contributed by atoms with van der Waals surface area (Å²) in [6.07, 6.45) is 3.86. The van der Waals surface area contributed by atoms with Gasteiger partial charge in [-0.2, -0.15) is 0 Å². The minimum atomic E-state index is -0.0839. The van der Waals surface area contributed by atoms with Crippen LogP contribution in [0.25, 0.3) is 11.0 Å². The molecular weight excluding hydrogens is 830 g/mol. The number of hydrogen-bond donors (Lipinski definition) is 2. The average Bonchev–Trinajstić information content (AvgIpc) is 3.59. The summed E-state index contributed by atoms with van der Waals surface area (Å²) in [5.41, 5.74) is 7.74. The van der Waals surface area contributed by atoms with Crippen molar-refractivity contribution < 1.29 is 79.3 Å². The van der Waals surface area contributed by atoms with Crippen LogP contribution in [0.5, 0.6) is 0 Å². The molecule has 2 heterocycles. The molecule has 0 aliphatic heterocycles. The molecule has 6 rings (SSSR count). The molecular formula is C39H48N12OY2+2. The second kappa shape index (κ2) is 21.2. The molecule has 0 unspecified atom stereocenters. The summed E-state index contributed by atoms with van der Waals surface area (Å²) in [6.45, 7) is 3.50. The predicted octanol–water partition coefficient (Wildman–Crippen LogP) is 7.38. The fraction of sp³-hybridized carbons (Fsp3) is 0.256. The average molecular weight is 879 g/mol. The van der Waals surface area contributed by atoms with Crippen molar-refractivity contribution in [2.24, 2.45) is 48.6 Å². The van der Waals surface area contributed by atoms with Crippen molar-refractivity contribution in [2.75, 3.05) is 49.8 Å². The van der Waals surface area contributed by atoms with Gasteiger partial charge in [0, 0.05) is 125 Å². The third kappa shape index (κ3) is 12.3. The number of likely N-dealkylation sites (N-methyl/N-ethyl adjacent to an activating group) is 2. The molecule has 0 saturated heterocycles. The molecule has 13 nitrogen and oxygen atoms in total. The minimum absolute atomic E-state index is 0. The molecule has 0 aliphatic carbocycles. The van der Waals surface area contributed by atoms with Gasteiger partial charge in [0.25, 0.3) is 0 Å². The van der Waals surface area contributed by atoms with Crippen LogP contribution in [0.1, 0.15) is 6.92 Å². The third-order valence-corrected chi connectivity index (χ3v) is 8.39. The molecule has 0 saturated carbocycles. The number of aryl methyl sites for hydroxylation is 4. The van der Waals surface area contributed by atoms with Crippen molar-refractivity contribution in [1.82, 2.24) is 14.0 Å². The quantitative estimate of drug-likeness (QED) is 0.105. The van der Waals surface area contributed by atoms with Gasteiger partial charge in [-0.25, -0.2) is 18.3 Å². The zero-order valence-electron chi connectivity index (χ0n) is 32.3. The van der Waals surface area contributed by atoms with Crippen molar-refractivity contribution in [3.8, 4) is 0 Å². The topological polar surface area (TPSA) is 115 Å². The first-order valence-electron chi connectivity index (χ1n) is 17.0. The van der Waals surface area contributed by atoms with E-state index in [1.165, 1.54) is 12.6 Å². The molecule has 54 heavy (non-hydrogen) atoms. The van der Waals surface area contributed by atoms with E-state index in [4.69, 9.17) is 0 Å². The number of nitrogens with zero attached hydrogens (tertiary/aromatic N) is 10. The van der Waals surface area contributed by atoms with E-state index in [1.54, 1.807) is 0 Å². The fourth-order valence-corrected chi connectivity index (χ4v) is 5.41.